The van der Waals surface area contributed by atoms with Crippen LogP contribution in [0.2, 0.25) is 0 Å². The van der Waals surface area contributed by atoms with E-state index in [1.807, 2.05) is 13.8 Å². The van der Waals surface area contributed by atoms with E-state index in [4.69, 9.17) is 14.0 Å². The molecule has 15 nitrogen and oxygen atoms in total. The molecule has 0 radical (unpaired) electrons. The highest BCUT2D eigenvalue weighted by Crippen LogP contribution is 2.29. The minimum Gasteiger partial charge on any atom is -0.490 e. The predicted molar refractivity (Wildman–Crippen MR) is 179 cm³/mol. The number of nitrogens with zero attached hydrogens (tertiary/aromatic N) is 5. The summed E-state index contributed by atoms with van der Waals surface area (Å²) in [7, 11) is -0.717. The fourth-order valence-electron chi connectivity index (χ4n) is 5.43. The number of carbonyl (C=O) groups excluding carboxylic acids is 2. The first-order valence-corrected chi connectivity index (χ1v) is 17.4. The number of hydrogen-bond acceptors (Lipinski definition) is 10. The highest BCUT2D eigenvalue weighted by Gasteiger charge is 2.33. The molecule has 0 saturated heterocycles. The van der Waals surface area contributed by atoms with Crippen molar-refractivity contribution < 1.29 is 37.1 Å². The van der Waals surface area contributed by atoms with E-state index in [9.17, 15) is 23.1 Å². The third kappa shape index (κ3) is 8.92. The number of likely N-dealkylation sites (N-methyl/N-ethyl adjacent to an activating group) is 1. The van der Waals surface area contributed by atoms with Gasteiger partial charge in [0.05, 0.1) is 36.7 Å². The molecule has 0 spiro atoms. The van der Waals surface area contributed by atoms with Crippen molar-refractivity contribution >= 4 is 33.3 Å². The number of benzene rings is 1. The molecule has 4 atom stereocenters. The molecule has 2 aromatic heterocycles. The average Bonchev–Trinajstić information content (AvgIpc) is 3.63. The van der Waals surface area contributed by atoms with Crippen LogP contribution in [-0.4, -0.2) is 101 Å². The summed E-state index contributed by atoms with van der Waals surface area (Å²) in [5.74, 6) is 0.0244. The number of rotatable bonds is 8. The summed E-state index contributed by atoms with van der Waals surface area (Å²) in [6.45, 7) is 9.17. The Morgan fingerprint density at radius 1 is 1.21 bits per heavy atom. The molecule has 0 fully saturated rings. The number of urea groups is 1. The lowest BCUT2D eigenvalue weighted by molar-refractivity contribution is -0.00835. The number of nitrogens with one attached hydrogen (secondary N) is 2. The van der Waals surface area contributed by atoms with Gasteiger partial charge in [-0.3, -0.25) is 4.79 Å². The molecular weight excluding hydrogens is 642 g/mol. The number of aliphatic hydroxyl groups is 1. The Kier molecular flexibility index (Phi) is 12.2. The van der Waals surface area contributed by atoms with E-state index < -0.39 is 34.1 Å². The second-order valence-corrected chi connectivity index (χ2v) is 14.4. The quantitative estimate of drug-likeness (QED) is 0.315. The van der Waals surface area contributed by atoms with Crippen LogP contribution in [0.25, 0.3) is 0 Å². The molecule has 4 rings (SSSR count). The van der Waals surface area contributed by atoms with Gasteiger partial charge in [0.2, 0.25) is 0 Å². The standard InChI is InChI=1S/C32H47N7O8S/c1-20-15-39(21(2)18-40)31(41)26-14-25(34-32(42)35-30-23(4)36-47-24(30)5)11-12-27(26)46-22(3)10-8-9-13-45-28(20)16-38(7)48(43,44)29-17-37(6)19-33-29/h11-12,14,17,19-22,28,40H,8-10,13,15-16,18H2,1-7H3,(H2,34,35,42)/t20-,21+,22+,28-/m0/s1. The van der Waals surface area contributed by atoms with Gasteiger partial charge in [-0.2, -0.15) is 4.31 Å². The second-order valence-electron chi connectivity index (χ2n) is 12.5. The van der Waals surface area contributed by atoms with Gasteiger partial charge in [-0.1, -0.05) is 12.1 Å². The van der Waals surface area contributed by atoms with Crippen molar-refractivity contribution in [2.24, 2.45) is 13.0 Å². The number of anilines is 2. The lowest BCUT2D eigenvalue weighted by Crippen LogP contribution is -2.48. The number of sulfonamides is 1. The van der Waals surface area contributed by atoms with Gasteiger partial charge < -0.3 is 39.2 Å². The number of amides is 3. The van der Waals surface area contributed by atoms with Gasteiger partial charge in [-0.15, -0.1) is 0 Å². The topological polar surface area (TPSA) is 181 Å². The summed E-state index contributed by atoms with van der Waals surface area (Å²) in [6.07, 6.45) is 4.23. The van der Waals surface area contributed by atoms with Gasteiger partial charge in [0.25, 0.3) is 15.9 Å². The molecule has 16 heteroatoms. The van der Waals surface area contributed by atoms with Crippen LogP contribution in [0.15, 0.2) is 40.3 Å². The summed E-state index contributed by atoms with van der Waals surface area (Å²) in [4.78, 5) is 32.8. The third-order valence-electron chi connectivity index (χ3n) is 8.37. The van der Waals surface area contributed by atoms with E-state index in [1.54, 1.807) is 50.6 Å². The minimum absolute atomic E-state index is 0.0278. The van der Waals surface area contributed by atoms with Crippen molar-refractivity contribution in [1.82, 2.24) is 23.9 Å². The Morgan fingerprint density at radius 2 is 1.96 bits per heavy atom. The number of carbonyl (C=O) groups is 2. The fourth-order valence-corrected chi connectivity index (χ4v) is 6.58. The van der Waals surface area contributed by atoms with E-state index in [-0.39, 0.29) is 42.3 Å². The van der Waals surface area contributed by atoms with Crippen molar-refractivity contribution in [2.45, 2.75) is 77.2 Å². The van der Waals surface area contributed by atoms with Crippen molar-refractivity contribution in [2.75, 3.05) is 44.0 Å². The molecule has 3 N–H and O–H groups in total. The molecule has 48 heavy (non-hydrogen) atoms. The fraction of sp³-hybridized carbons (Fsp3) is 0.562. The van der Waals surface area contributed by atoms with Gasteiger partial charge in [0.1, 0.15) is 17.1 Å². The summed E-state index contributed by atoms with van der Waals surface area (Å²) >= 11 is 0. The molecule has 0 saturated carbocycles. The van der Waals surface area contributed by atoms with Crippen LogP contribution in [0, 0.1) is 19.8 Å². The van der Waals surface area contributed by atoms with Crippen LogP contribution in [-0.2, 0) is 21.8 Å². The Labute approximate surface area is 281 Å². The van der Waals surface area contributed by atoms with Gasteiger partial charge in [0.15, 0.2) is 10.8 Å². The van der Waals surface area contributed by atoms with Crippen LogP contribution >= 0.6 is 0 Å². The largest absolute Gasteiger partial charge is 0.490 e. The van der Waals surface area contributed by atoms with E-state index in [2.05, 4.69) is 20.8 Å². The summed E-state index contributed by atoms with van der Waals surface area (Å²) in [6, 6.07) is 3.69. The van der Waals surface area contributed by atoms with Crippen molar-refractivity contribution in [1.29, 1.82) is 0 Å². The number of hydrogen-bond donors (Lipinski definition) is 3. The zero-order valence-electron chi connectivity index (χ0n) is 28.6. The number of fused-ring (bicyclic) bond motifs is 1. The first-order valence-electron chi connectivity index (χ1n) is 16.0. The maximum atomic E-state index is 14.3. The normalized spacial score (nSPS) is 20.5. The van der Waals surface area contributed by atoms with Crippen molar-refractivity contribution in [3.05, 3.63) is 47.7 Å². The maximum absolute atomic E-state index is 14.3. The van der Waals surface area contributed by atoms with E-state index in [1.165, 1.54) is 28.8 Å². The minimum atomic E-state index is -3.89. The molecule has 1 aromatic carbocycles. The molecule has 0 bridgehead atoms. The first-order chi connectivity index (χ1) is 22.7. The number of ether oxygens (including phenoxy) is 2. The molecule has 1 aliphatic heterocycles. The SMILES string of the molecule is Cc1noc(C)c1NC(=O)Nc1ccc2c(c1)C(=O)N([C@H](C)CO)C[C@H](C)[C@H](CN(C)S(=O)(=O)c1cn(C)cn1)OCCCC[C@@H](C)O2. The van der Waals surface area contributed by atoms with E-state index in [0.29, 0.717) is 41.6 Å². The van der Waals surface area contributed by atoms with Crippen LogP contribution < -0.4 is 15.4 Å². The van der Waals surface area contributed by atoms with Crippen molar-refractivity contribution in [3.8, 4) is 5.75 Å². The summed E-state index contributed by atoms with van der Waals surface area (Å²) in [5, 5.41) is 19.5. The summed E-state index contributed by atoms with van der Waals surface area (Å²) < 4.78 is 47.1. The smallest absolute Gasteiger partial charge is 0.323 e. The Bertz CT molecular complexity index is 1650. The zero-order chi connectivity index (χ0) is 35.2. The Balaban J connectivity index is 1.63. The first kappa shape index (κ1) is 36.8. The molecule has 3 heterocycles. The van der Waals surface area contributed by atoms with Crippen LogP contribution in [0.3, 0.4) is 0 Å². The number of aliphatic hydroxyl groups excluding tert-OH is 1. The predicted octanol–water partition coefficient (Wildman–Crippen LogP) is 3.79. The molecular formula is C32H47N7O8S. The second kappa shape index (κ2) is 15.9. The average molecular weight is 690 g/mol. The lowest BCUT2D eigenvalue weighted by Gasteiger charge is -2.35. The molecule has 0 unspecified atom stereocenters. The van der Waals surface area contributed by atoms with Gasteiger partial charge in [-0.05, 0) is 65.2 Å². The van der Waals surface area contributed by atoms with E-state index in [0.717, 1.165) is 12.8 Å². The lowest BCUT2D eigenvalue weighted by atomic mass is 10.0. The van der Waals surface area contributed by atoms with Crippen LogP contribution in [0.5, 0.6) is 5.75 Å². The summed E-state index contributed by atoms with van der Waals surface area (Å²) in [5.41, 5.74) is 1.52. The maximum Gasteiger partial charge on any atom is 0.323 e. The van der Waals surface area contributed by atoms with Crippen LogP contribution in [0.1, 0.15) is 61.8 Å². The molecule has 0 aliphatic carbocycles. The highest BCUT2D eigenvalue weighted by molar-refractivity contribution is 7.89. The number of aromatic nitrogens is 3. The molecule has 3 aromatic rings. The van der Waals surface area contributed by atoms with Gasteiger partial charge in [-0.25, -0.2) is 18.2 Å². The van der Waals surface area contributed by atoms with E-state index >= 15 is 0 Å². The monoisotopic (exact) mass is 689 g/mol. The molecule has 3 amide bonds. The Morgan fingerprint density at radius 3 is 2.60 bits per heavy atom. The third-order valence-corrected chi connectivity index (χ3v) is 10.1. The molecule has 264 valence electrons. The Hall–Kier alpha value is -3.99. The van der Waals surface area contributed by atoms with Gasteiger partial charge >= 0.3 is 6.03 Å². The zero-order valence-corrected chi connectivity index (χ0v) is 29.4. The van der Waals surface area contributed by atoms with Crippen LogP contribution in [0.4, 0.5) is 16.2 Å². The van der Waals surface area contributed by atoms with Crippen molar-refractivity contribution in [3.63, 3.8) is 0 Å². The number of imidazole rings is 1. The highest BCUT2D eigenvalue weighted by atomic mass is 32.2. The molecule has 1 aliphatic rings. The van der Waals surface area contributed by atoms with Gasteiger partial charge in [0, 0.05) is 51.6 Å². The number of aryl methyl sites for hydroxylation is 3.